The molecule has 0 spiro atoms. The number of piperidine rings is 1. The maximum Gasteiger partial charge on any atom is 0.125 e. The van der Waals surface area contributed by atoms with E-state index in [1.807, 2.05) is 6.07 Å². The zero-order valence-corrected chi connectivity index (χ0v) is 12.5. The van der Waals surface area contributed by atoms with Gasteiger partial charge in [-0.2, -0.15) is 0 Å². The average molecular weight is 301 g/mol. The van der Waals surface area contributed by atoms with Crippen LogP contribution in [0.1, 0.15) is 19.8 Å². The molecule has 2 N–H and O–H groups in total. The van der Waals surface area contributed by atoms with Gasteiger partial charge in [-0.25, -0.2) is 4.39 Å². The van der Waals surface area contributed by atoms with Gasteiger partial charge in [0.1, 0.15) is 5.82 Å². The third kappa shape index (κ3) is 4.00. The molecule has 0 aromatic heterocycles. The Balaban J connectivity index is 2.14. The smallest absolute Gasteiger partial charge is 0.125 e. The molecule has 112 valence electrons. The fraction of sp³-hybridized carbons (Fsp3) is 0.600. The largest absolute Gasteiger partial charge is 0.390 e. The minimum absolute atomic E-state index is 0.165. The summed E-state index contributed by atoms with van der Waals surface area (Å²) in [7, 11) is 0. The van der Waals surface area contributed by atoms with E-state index in [2.05, 4.69) is 17.1 Å². The van der Waals surface area contributed by atoms with Crippen LogP contribution < -0.4 is 10.2 Å². The molecule has 3 nitrogen and oxygen atoms in total. The molecule has 2 unspecified atom stereocenters. The fourth-order valence-electron chi connectivity index (χ4n) is 2.62. The molecule has 0 radical (unpaired) electrons. The molecule has 0 amide bonds. The van der Waals surface area contributed by atoms with Crippen molar-refractivity contribution < 1.29 is 9.50 Å². The van der Waals surface area contributed by atoms with Crippen molar-refractivity contribution in [3.05, 3.63) is 24.0 Å². The molecule has 1 aliphatic heterocycles. The molecule has 0 aliphatic carbocycles. The second-order valence-corrected chi connectivity index (χ2v) is 5.85. The third-order valence-corrected chi connectivity index (χ3v) is 4.02. The first kappa shape index (κ1) is 15.4. The number of benzene rings is 1. The summed E-state index contributed by atoms with van der Waals surface area (Å²) in [6, 6.07) is 4.77. The molecule has 0 bridgehead atoms. The molecule has 1 aromatic rings. The number of anilines is 2. The molecule has 1 fully saturated rings. The van der Waals surface area contributed by atoms with Crippen molar-refractivity contribution in [1.82, 2.24) is 0 Å². The van der Waals surface area contributed by atoms with E-state index in [0.717, 1.165) is 30.9 Å². The molecule has 1 aromatic carbocycles. The van der Waals surface area contributed by atoms with Gasteiger partial charge in [0, 0.05) is 19.6 Å². The molecule has 1 saturated heterocycles. The van der Waals surface area contributed by atoms with E-state index in [-0.39, 0.29) is 11.7 Å². The van der Waals surface area contributed by atoms with E-state index in [1.165, 1.54) is 18.6 Å². The summed E-state index contributed by atoms with van der Waals surface area (Å²) in [6.45, 7) is 4.53. The minimum atomic E-state index is -0.631. The van der Waals surface area contributed by atoms with Crippen LogP contribution in [0.3, 0.4) is 0 Å². The highest BCUT2D eigenvalue weighted by molar-refractivity contribution is 6.18. The maximum atomic E-state index is 13.5. The Hall–Kier alpha value is -1.00. The number of hydrogen-bond donors (Lipinski definition) is 2. The van der Waals surface area contributed by atoms with E-state index in [1.54, 1.807) is 0 Å². The van der Waals surface area contributed by atoms with E-state index >= 15 is 0 Å². The summed E-state index contributed by atoms with van der Waals surface area (Å²) in [5.41, 5.74) is 1.72. The van der Waals surface area contributed by atoms with Crippen molar-refractivity contribution in [2.24, 2.45) is 5.92 Å². The number of hydrogen-bond acceptors (Lipinski definition) is 3. The summed E-state index contributed by atoms with van der Waals surface area (Å²) in [6.07, 6.45) is 1.77. The van der Waals surface area contributed by atoms with Gasteiger partial charge < -0.3 is 15.3 Å². The number of rotatable bonds is 5. The SMILES string of the molecule is CC1CCCN(c2ccc(F)cc2NCC(O)CCl)C1. The van der Waals surface area contributed by atoms with Crippen LogP contribution in [0.5, 0.6) is 0 Å². The number of nitrogens with zero attached hydrogens (tertiary/aromatic N) is 1. The van der Waals surface area contributed by atoms with Gasteiger partial charge in [0.15, 0.2) is 0 Å². The summed E-state index contributed by atoms with van der Waals surface area (Å²) in [5, 5.41) is 12.6. The maximum absolute atomic E-state index is 13.5. The lowest BCUT2D eigenvalue weighted by atomic mass is 9.99. The van der Waals surface area contributed by atoms with Crippen LogP contribution in [0.2, 0.25) is 0 Å². The van der Waals surface area contributed by atoms with Gasteiger partial charge in [-0.3, -0.25) is 0 Å². The lowest BCUT2D eigenvalue weighted by Gasteiger charge is -2.34. The second-order valence-electron chi connectivity index (χ2n) is 5.54. The predicted molar refractivity (Wildman–Crippen MR) is 82.2 cm³/mol. The Bertz CT molecular complexity index is 444. The molecule has 2 rings (SSSR count). The topological polar surface area (TPSA) is 35.5 Å². The van der Waals surface area contributed by atoms with Gasteiger partial charge in [-0.1, -0.05) is 6.92 Å². The Morgan fingerprint density at radius 3 is 3.05 bits per heavy atom. The molecular weight excluding hydrogens is 279 g/mol. The summed E-state index contributed by atoms with van der Waals surface area (Å²) in [4.78, 5) is 2.28. The van der Waals surface area contributed by atoms with Crippen molar-refractivity contribution >= 4 is 23.0 Å². The number of halogens is 2. The number of aliphatic hydroxyl groups excluding tert-OH is 1. The van der Waals surface area contributed by atoms with Gasteiger partial charge in [0.05, 0.1) is 23.4 Å². The highest BCUT2D eigenvalue weighted by Crippen LogP contribution is 2.30. The lowest BCUT2D eigenvalue weighted by molar-refractivity contribution is 0.211. The van der Waals surface area contributed by atoms with Crippen LogP contribution in [0, 0.1) is 11.7 Å². The van der Waals surface area contributed by atoms with Gasteiger partial charge in [-0.15, -0.1) is 11.6 Å². The first-order valence-electron chi connectivity index (χ1n) is 7.12. The number of nitrogens with one attached hydrogen (secondary N) is 1. The van der Waals surface area contributed by atoms with Crippen LogP contribution in [-0.4, -0.2) is 36.7 Å². The van der Waals surface area contributed by atoms with Crippen molar-refractivity contribution in [3.63, 3.8) is 0 Å². The first-order valence-corrected chi connectivity index (χ1v) is 7.66. The molecule has 20 heavy (non-hydrogen) atoms. The van der Waals surface area contributed by atoms with Gasteiger partial charge in [-0.05, 0) is 37.0 Å². The molecule has 5 heteroatoms. The monoisotopic (exact) mass is 300 g/mol. The zero-order chi connectivity index (χ0) is 14.5. The van der Waals surface area contributed by atoms with E-state index in [0.29, 0.717) is 12.5 Å². The average Bonchev–Trinajstić information content (AvgIpc) is 2.44. The highest BCUT2D eigenvalue weighted by Gasteiger charge is 2.19. The quantitative estimate of drug-likeness (QED) is 0.820. The Labute approximate surface area is 124 Å². The van der Waals surface area contributed by atoms with E-state index in [9.17, 15) is 9.50 Å². The Morgan fingerprint density at radius 1 is 1.55 bits per heavy atom. The zero-order valence-electron chi connectivity index (χ0n) is 11.8. The van der Waals surface area contributed by atoms with Crippen LogP contribution in [0.15, 0.2) is 18.2 Å². The molecule has 0 saturated carbocycles. The fourth-order valence-corrected chi connectivity index (χ4v) is 2.73. The molecular formula is C15H22ClFN2O. The molecule has 1 heterocycles. The number of alkyl halides is 1. The van der Waals surface area contributed by atoms with Crippen LogP contribution in [0.25, 0.3) is 0 Å². The van der Waals surface area contributed by atoms with Crippen LogP contribution in [0.4, 0.5) is 15.8 Å². The summed E-state index contributed by atoms with van der Waals surface area (Å²) < 4.78 is 13.5. The number of aliphatic hydroxyl groups is 1. The predicted octanol–water partition coefficient (Wildman–Crippen LogP) is 3.07. The van der Waals surface area contributed by atoms with Gasteiger partial charge in [0.2, 0.25) is 0 Å². The molecule has 2 atom stereocenters. The van der Waals surface area contributed by atoms with Gasteiger partial charge in [0.25, 0.3) is 0 Å². The van der Waals surface area contributed by atoms with Crippen LogP contribution >= 0.6 is 11.6 Å². The normalized spacial score (nSPS) is 20.8. The van der Waals surface area contributed by atoms with Crippen LogP contribution in [-0.2, 0) is 0 Å². The van der Waals surface area contributed by atoms with Crippen molar-refractivity contribution in [1.29, 1.82) is 0 Å². The first-order chi connectivity index (χ1) is 9.60. The summed E-state index contributed by atoms with van der Waals surface area (Å²) >= 11 is 5.58. The van der Waals surface area contributed by atoms with Crippen molar-refractivity contribution in [3.8, 4) is 0 Å². The van der Waals surface area contributed by atoms with Crippen molar-refractivity contribution in [2.75, 3.05) is 35.7 Å². The van der Waals surface area contributed by atoms with Crippen molar-refractivity contribution in [2.45, 2.75) is 25.9 Å². The van der Waals surface area contributed by atoms with E-state index < -0.39 is 6.10 Å². The van der Waals surface area contributed by atoms with E-state index in [4.69, 9.17) is 11.6 Å². The summed E-state index contributed by atoms with van der Waals surface area (Å²) in [5.74, 6) is 0.537. The second kappa shape index (κ2) is 7.14. The molecule has 1 aliphatic rings. The standard InChI is InChI=1S/C15H22ClFN2O/c1-11-3-2-6-19(10-11)15-5-4-12(17)7-14(15)18-9-13(20)8-16/h4-5,7,11,13,18,20H,2-3,6,8-10H2,1H3. The van der Waals surface area contributed by atoms with Gasteiger partial charge >= 0.3 is 0 Å². The minimum Gasteiger partial charge on any atom is -0.390 e. The third-order valence-electron chi connectivity index (χ3n) is 3.66. The highest BCUT2D eigenvalue weighted by atomic mass is 35.5. The Kier molecular flexibility index (Phi) is 5.49. The Morgan fingerprint density at radius 2 is 2.35 bits per heavy atom. The lowest BCUT2D eigenvalue weighted by Crippen LogP contribution is -2.35.